The number of nitrogens with one attached hydrogen (secondary N) is 1. The summed E-state index contributed by atoms with van der Waals surface area (Å²) in [6, 6.07) is 6.19. The predicted molar refractivity (Wildman–Crippen MR) is 87.7 cm³/mol. The van der Waals surface area contributed by atoms with Crippen molar-refractivity contribution in [3.8, 4) is 0 Å². The van der Waals surface area contributed by atoms with Crippen molar-refractivity contribution in [2.45, 2.75) is 39.7 Å². The van der Waals surface area contributed by atoms with E-state index in [1.165, 1.54) is 0 Å². The molecule has 0 saturated heterocycles. The van der Waals surface area contributed by atoms with Gasteiger partial charge in [0.2, 0.25) is 0 Å². The van der Waals surface area contributed by atoms with E-state index in [1.54, 1.807) is 0 Å². The third kappa shape index (κ3) is 5.70. The molecule has 1 rings (SSSR count). The molecule has 0 fully saturated rings. The zero-order valence-electron chi connectivity index (χ0n) is 12.7. The van der Waals surface area contributed by atoms with Gasteiger partial charge in [-0.2, -0.15) is 0 Å². The Morgan fingerprint density at radius 2 is 2.00 bits per heavy atom. The summed E-state index contributed by atoms with van der Waals surface area (Å²) >= 11 is 6.36. The summed E-state index contributed by atoms with van der Waals surface area (Å²) < 4.78 is 0. The van der Waals surface area contributed by atoms with Crippen LogP contribution >= 0.6 is 11.6 Å². The van der Waals surface area contributed by atoms with E-state index in [-0.39, 0.29) is 6.61 Å². The minimum Gasteiger partial charge on any atom is -0.395 e. The second-order valence-electron chi connectivity index (χ2n) is 5.02. The number of halogens is 1. The minimum atomic E-state index is 0.168. The number of hydrogen-bond acceptors (Lipinski definition) is 3. The first kappa shape index (κ1) is 17.3. The van der Waals surface area contributed by atoms with Gasteiger partial charge in [0.15, 0.2) is 0 Å². The molecular formula is C16H27ClN2O. The van der Waals surface area contributed by atoms with Crippen LogP contribution in [0.4, 0.5) is 5.69 Å². The first-order valence-corrected chi connectivity index (χ1v) is 7.95. The summed E-state index contributed by atoms with van der Waals surface area (Å²) in [4.78, 5) is 2.19. The molecule has 0 aliphatic carbocycles. The quantitative estimate of drug-likeness (QED) is 0.650. The molecule has 4 heteroatoms. The largest absolute Gasteiger partial charge is 0.395 e. The van der Waals surface area contributed by atoms with Gasteiger partial charge in [-0.15, -0.1) is 0 Å². The van der Waals surface area contributed by atoms with Crippen molar-refractivity contribution >= 4 is 17.3 Å². The Bertz CT molecular complexity index is 385. The van der Waals surface area contributed by atoms with E-state index < -0.39 is 0 Å². The van der Waals surface area contributed by atoms with Crippen LogP contribution in [0.25, 0.3) is 0 Å². The summed E-state index contributed by atoms with van der Waals surface area (Å²) in [6.07, 6.45) is 3.39. The fourth-order valence-electron chi connectivity index (χ4n) is 2.12. The number of anilines is 1. The Morgan fingerprint density at radius 3 is 2.60 bits per heavy atom. The highest BCUT2D eigenvalue weighted by Crippen LogP contribution is 2.24. The molecule has 20 heavy (non-hydrogen) atoms. The van der Waals surface area contributed by atoms with E-state index in [9.17, 15) is 5.11 Å². The van der Waals surface area contributed by atoms with Crippen molar-refractivity contribution in [2.75, 3.05) is 31.1 Å². The summed E-state index contributed by atoms with van der Waals surface area (Å²) in [5, 5.41) is 13.3. The SMILES string of the molecule is CCCCN(CCO)c1ccc(CNCCC)c(Cl)c1. The molecule has 0 spiro atoms. The summed E-state index contributed by atoms with van der Waals surface area (Å²) in [5.41, 5.74) is 2.22. The van der Waals surface area contributed by atoms with Crippen LogP contribution in [0.15, 0.2) is 18.2 Å². The number of benzene rings is 1. The van der Waals surface area contributed by atoms with E-state index in [1.807, 2.05) is 6.07 Å². The molecule has 0 saturated carbocycles. The van der Waals surface area contributed by atoms with Crippen LogP contribution < -0.4 is 10.2 Å². The normalized spacial score (nSPS) is 10.8. The molecule has 0 aromatic heterocycles. The Hall–Kier alpha value is -0.770. The number of aliphatic hydroxyl groups excluding tert-OH is 1. The molecule has 0 amide bonds. The Labute approximate surface area is 127 Å². The van der Waals surface area contributed by atoms with Crippen LogP contribution in [0, 0.1) is 0 Å². The van der Waals surface area contributed by atoms with E-state index >= 15 is 0 Å². The third-order valence-corrected chi connectivity index (χ3v) is 3.65. The molecule has 0 unspecified atom stereocenters. The average Bonchev–Trinajstić information content (AvgIpc) is 2.45. The van der Waals surface area contributed by atoms with Gasteiger partial charge in [0.25, 0.3) is 0 Å². The maximum atomic E-state index is 9.18. The molecule has 0 atom stereocenters. The van der Waals surface area contributed by atoms with Gasteiger partial charge in [0.05, 0.1) is 6.61 Å². The standard InChI is InChI=1S/C16H27ClN2O/c1-3-5-9-19(10-11-20)15-7-6-14(16(17)12-15)13-18-8-4-2/h6-7,12,18,20H,3-5,8-11,13H2,1-2H3. The van der Waals surface area contributed by atoms with Crippen LogP contribution in [0.3, 0.4) is 0 Å². The molecule has 1 aromatic carbocycles. The van der Waals surface area contributed by atoms with Crippen LogP contribution in [0.2, 0.25) is 5.02 Å². The number of unbranched alkanes of at least 4 members (excludes halogenated alkanes) is 1. The van der Waals surface area contributed by atoms with Crippen LogP contribution in [-0.4, -0.2) is 31.3 Å². The van der Waals surface area contributed by atoms with Crippen molar-refractivity contribution in [3.05, 3.63) is 28.8 Å². The zero-order valence-corrected chi connectivity index (χ0v) is 13.4. The van der Waals surface area contributed by atoms with Crippen molar-refractivity contribution in [3.63, 3.8) is 0 Å². The lowest BCUT2D eigenvalue weighted by molar-refractivity contribution is 0.301. The van der Waals surface area contributed by atoms with Gasteiger partial charge in [-0.1, -0.05) is 37.9 Å². The third-order valence-electron chi connectivity index (χ3n) is 3.30. The molecule has 0 aliphatic heterocycles. The number of aliphatic hydroxyl groups is 1. The van der Waals surface area contributed by atoms with Crippen molar-refractivity contribution in [1.82, 2.24) is 5.32 Å². The van der Waals surface area contributed by atoms with Gasteiger partial charge in [-0.3, -0.25) is 0 Å². The molecule has 0 bridgehead atoms. The summed E-state index contributed by atoms with van der Waals surface area (Å²) in [5.74, 6) is 0. The number of hydrogen-bond donors (Lipinski definition) is 2. The fraction of sp³-hybridized carbons (Fsp3) is 0.625. The Morgan fingerprint density at radius 1 is 1.20 bits per heavy atom. The van der Waals surface area contributed by atoms with Gasteiger partial charge in [-0.05, 0) is 37.1 Å². The molecule has 0 aliphatic rings. The lowest BCUT2D eigenvalue weighted by Crippen LogP contribution is -2.27. The van der Waals surface area contributed by atoms with E-state index in [0.717, 1.165) is 55.2 Å². The Balaban J connectivity index is 2.71. The van der Waals surface area contributed by atoms with E-state index in [2.05, 4.69) is 36.2 Å². The highest BCUT2D eigenvalue weighted by molar-refractivity contribution is 6.31. The first-order chi connectivity index (χ1) is 9.72. The molecule has 1 aromatic rings. The number of nitrogens with zero attached hydrogens (tertiary/aromatic N) is 1. The lowest BCUT2D eigenvalue weighted by Gasteiger charge is -2.24. The van der Waals surface area contributed by atoms with Gasteiger partial charge >= 0.3 is 0 Å². The average molecular weight is 299 g/mol. The predicted octanol–water partition coefficient (Wildman–Crippen LogP) is 3.44. The summed E-state index contributed by atoms with van der Waals surface area (Å²) in [7, 11) is 0. The smallest absolute Gasteiger partial charge is 0.0606 e. The van der Waals surface area contributed by atoms with Crippen LogP contribution in [0.5, 0.6) is 0 Å². The Kier molecular flexibility index (Phi) is 8.67. The number of rotatable bonds is 10. The van der Waals surface area contributed by atoms with Gasteiger partial charge in [-0.25, -0.2) is 0 Å². The molecule has 0 radical (unpaired) electrons. The topological polar surface area (TPSA) is 35.5 Å². The van der Waals surface area contributed by atoms with Crippen LogP contribution in [0.1, 0.15) is 38.7 Å². The monoisotopic (exact) mass is 298 g/mol. The van der Waals surface area contributed by atoms with Gasteiger partial charge in [0, 0.05) is 30.3 Å². The van der Waals surface area contributed by atoms with Crippen LogP contribution in [-0.2, 0) is 6.54 Å². The highest BCUT2D eigenvalue weighted by atomic mass is 35.5. The van der Waals surface area contributed by atoms with Gasteiger partial charge < -0.3 is 15.3 Å². The second kappa shape index (κ2) is 10.0. The fourth-order valence-corrected chi connectivity index (χ4v) is 2.36. The molecule has 3 nitrogen and oxygen atoms in total. The molecule has 114 valence electrons. The van der Waals surface area contributed by atoms with Crippen molar-refractivity contribution in [1.29, 1.82) is 0 Å². The first-order valence-electron chi connectivity index (χ1n) is 7.57. The lowest BCUT2D eigenvalue weighted by atomic mass is 10.1. The van der Waals surface area contributed by atoms with E-state index in [0.29, 0.717) is 6.54 Å². The molecule has 0 heterocycles. The maximum absolute atomic E-state index is 9.18. The minimum absolute atomic E-state index is 0.168. The zero-order chi connectivity index (χ0) is 14.8. The van der Waals surface area contributed by atoms with Gasteiger partial charge in [0.1, 0.15) is 0 Å². The summed E-state index contributed by atoms with van der Waals surface area (Å²) in [6.45, 7) is 7.92. The molecule has 2 N–H and O–H groups in total. The maximum Gasteiger partial charge on any atom is 0.0606 e. The molecular weight excluding hydrogens is 272 g/mol. The second-order valence-corrected chi connectivity index (χ2v) is 5.42. The highest BCUT2D eigenvalue weighted by Gasteiger charge is 2.08. The van der Waals surface area contributed by atoms with E-state index in [4.69, 9.17) is 11.6 Å². The van der Waals surface area contributed by atoms with Crippen molar-refractivity contribution in [2.24, 2.45) is 0 Å². The van der Waals surface area contributed by atoms with Crippen molar-refractivity contribution < 1.29 is 5.11 Å².